The molecule has 1 aliphatic rings. The fourth-order valence-electron chi connectivity index (χ4n) is 4.19. The first-order valence-corrected chi connectivity index (χ1v) is 11.0. The van der Waals surface area contributed by atoms with Crippen molar-refractivity contribution in [3.05, 3.63) is 89.7 Å². The summed E-state index contributed by atoms with van der Waals surface area (Å²) in [5.74, 6) is 0.766. The standard InChI is InChI=1S/C26H29N3O3/c1-32-24-12-6-5-10-21(24)18-25(30)28-16-13-22(14-17-28)27-26(31)23-11-7-15-29(23)19-20-8-3-2-4-9-20/h2-12,15,22H,13-14,16-19H2,1H3,(H,27,31). The van der Waals surface area contributed by atoms with Gasteiger partial charge in [0.15, 0.2) is 0 Å². The first-order valence-electron chi connectivity index (χ1n) is 11.0. The minimum Gasteiger partial charge on any atom is -0.496 e. The highest BCUT2D eigenvalue weighted by Crippen LogP contribution is 2.20. The van der Waals surface area contributed by atoms with Crippen LogP contribution in [0.25, 0.3) is 0 Å². The van der Waals surface area contributed by atoms with Crippen molar-refractivity contribution in [3.63, 3.8) is 0 Å². The third-order valence-electron chi connectivity index (χ3n) is 5.97. The first kappa shape index (κ1) is 21.7. The van der Waals surface area contributed by atoms with Gasteiger partial charge in [0, 0.05) is 37.4 Å². The van der Waals surface area contributed by atoms with E-state index < -0.39 is 0 Å². The highest BCUT2D eigenvalue weighted by Gasteiger charge is 2.25. The summed E-state index contributed by atoms with van der Waals surface area (Å²) < 4.78 is 7.33. The Hall–Kier alpha value is -3.54. The van der Waals surface area contributed by atoms with Gasteiger partial charge in [0.2, 0.25) is 5.91 Å². The van der Waals surface area contributed by atoms with Gasteiger partial charge in [0.05, 0.1) is 13.5 Å². The fourth-order valence-corrected chi connectivity index (χ4v) is 4.19. The lowest BCUT2D eigenvalue weighted by Gasteiger charge is -2.32. The van der Waals surface area contributed by atoms with Crippen LogP contribution in [-0.4, -0.2) is 47.5 Å². The van der Waals surface area contributed by atoms with E-state index in [1.165, 1.54) is 0 Å². The van der Waals surface area contributed by atoms with Crippen LogP contribution in [0.4, 0.5) is 0 Å². The van der Waals surface area contributed by atoms with Gasteiger partial charge in [-0.1, -0.05) is 48.5 Å². The van der Waals surface area contributed by atoms with Crippen molar-refractivity contribution in [1.82, 2.24) is 14.8 Å². The lowest BCUT2D eigenvalue weighted by Crippen LogP contribution is -2.47. The molecular weight excluding hydrogens is 402 g/mol. The number of likely N-dealkylation sites (tertiary alicyclic amines) is 1. The summed E-state index contributed by atoms with van der Waals surface area (Å²) in [6.45, 7) is 1.94. The molecular formula is C26H29N3O3. The molecule has 0 saturated carbocycles. The Morgan fingerprint density at radius 3 is 2.44 bits per heavy atom. The normalized spacial score (nSPS) is 14.2. The number of nitrogens with zero attached hydrogens (tertiary/aromatic N) is 2. The number of piperidine rings is 1. The predicted molar refractivity (Wildman–Crippen MR) is 124 cm³/mol. The molecule has 0 atom stereocenters. The topological polar surface area (TPSA) is 63.6 Å². The number of methoxy groups -OCH3 is 1. The fraction of sp³-hybridized carbons (Fsp3) is 0.308. The number of rotatable bonds is 7. The van der Waals surface area contributed by atoms with E-state index in [1.54, 1.807) is 7.11 Å². The highest BCUT2D eigenvalue weighted by molar-refractivity contribution is 5.93. The zero-order chi connectivity index (χ0) is 22.3. The molecule has 1 aliphatic heterocycles. The van der Waals surface area contributed by atoms with Crippen LogP contribution in [0.2, 0.25) is 0 Å². The third-order valence-corrected chi connectivity index (χ3v) is 5.97. The van der Waals surface area contributed by atoms with Crippen LogP contribution in [0.15, 0.2) is 72.9 Å². The molecule has 3 aromatic rings. The summed E-state index contributed by atoms with van der Waals surface area (Å²) in [5.41, 5.74) is 2.71. The predicted octanol–water partition coefficient (Wildman–Crippen LogP) is 3.51. The van der Waals surface area contributed by atoms with Crippen molar-refractivity contribution in [2.24, 2.45) is 0 Å². The molecule has 4 rings (SSSR count). The maximum Gasteiger partial charge on any atom is 0.268 e. The number of carbonyl (C=O) groups excluding carboxylic acids is 2. The zero-order valence-electron chi connectivity index (χ0n) is 18.4. The van der Waals surface area contributed by atoms with Crippen LogP contribution in [0.1, 0.15) is 34.5 Å². The molecule has 6 heteroatoms. The molecule has 2 heterocycles. The molecule has 0 spiro atoms. The Bertz CT molecular complexity index is 1050. The van der Waals surface area contributed by atoms with Gasteiger partial charge in [-0.2, -0.15) is 0 Å². The number of carbonyl (C=O) groups is 2. The molecule has 1 N–H and O–H groups in total. The maximum atomic E-state index is 12.9. The monoisotopic (exact) mass is 431 g/mol. The molecule has 0 radical (unpaired) electrons. The van der Waals surface area contributed by atoms with E-state index in [-0.39, 0.29) is 17.9 Å². The van der Waals surface area contributed by atoms with E-state index in [0.717, 1.165) is 29.7 Å². The summed E-state index contributed by atoms with van der Waals surface area (Å²) in [5, 5.41) is 3.16. The smallest absolute Gasteiger partial charge is 0.268 e. The Labute approximate surface area is 188 Å². The Morgan fingerprint density at radius 2 is 1.69 bits per heavy atom. The minimum atomic E-state index is -0.0651. The van der Waals surface area contributed by atoms with Crippen LogP contribution in [-0.2, 0) is 17.8 Å². The minimum absolute atomic E-state index is 0.0651. The molecule has 1 aromatic heterocycles. The Morgan fingerprint density at radius 1 is 0.969 bits per heavy atom. The van der Waals surface area contributed by atoms with Crippen molar-refractivity contribution < 1.29 is 14.3 Å². The number of hydrogen-bond donors (Lipinski definition) is 1. The van der Waals surface area contributed by atoms with Crippen LogP contribution in [0.5, 0.6) is 5.75 Å². The number of nitrogens with one attached hydrogen (secondary N) is 1. The quantitative estimate of drug-likeness (QED) is 0.623. The van der Waals surface area contributed by atoms with Crippen molar-refractivity contribution in [2.75, 3.05) is 20.2 Å². The van der Waals surface area contributed by atoms with Gasteiger partial charge in [-0.05, 0) is 36.6 Å². The summed E-state index contributed by atoms with van der Waals surface area (Å²) >= 11 is 0. The third kappa shape index (κ3) is 5.19. The summed E-state index contributed by atoms with van der Waals surface area (Å²) in [6.07, 6.45) is 3.76. The van der Waals surface area contributed by atoms with Crippen molar-refractivity contribution >= 4 is 11.8 Å². The van der Waals surface area contributed by atoms with E-state index in [1.807, 2.05) is 70.3 Å². The van der Waals surface area contributed by atoms with Gasteiger partial charge >= 0.3 is 0 Å². The van der Waals surface area contributed by atoms with Gasteiger partial charge in [-0.25, -0.2) is 0 Å². The van der Waals surface area contributed by atoms with E-state index in [4.69, 9.17) is 4.74 Å². The van der Waals surface area contributed by atoms with Crippen LogP contribution < -0.4 is 10.1 Å². The second-order valence-corrected chi connectivity index (χ2v) is 8.12. The van der Waals surface area contributed by atoms with Crippen LogP contribution >= 0.6 is 0 Å². The zero-order valence-corrected chi connectivity index (χ0v) is 18.4. The molecule has 0 aliphatic carbocycles. The summed E-state index contributed by atoms with van der Waals surface area (Å²) in [6, 6.07) is 21.5. The molecule has 6 nitrogen and oxygen atoms in total. The number of ether oxygens (including phenoxy) is 1. The van der Waals surface area contributed by atoms with Gasteiger partial charge < -0.3 is 19.5 Å². The SMILES string of the molecule is COc1ccccc1CC(=O)N1CCC(NC(=O)c2cccn2Cc2ccccc2)CC1. The van der Waals surface area contributed by atoms with Crippen molar-refractivity contribution in [1.29, 1.82) is 0 Å². The van der Waals surface area contributed by atoms with E-state index in [2.05, 4.69) is 17.4 Å². The van der Waals surface area contributed by atoms with E-state index in [0.29, 0.717) is 31.7 Å². The summed E-state index contributed by atoms with van der Waals surface area (Å²) in [4.78, 5) is 27.5. The van der Waals surface area contributed by atoms with Gasteiger partial charge in [-0.15, -0.1) is 0 Å². The molecule has 2 aromatic carbocycles. The first-order chi connectivity index (χ1) is 15.6. The van der Waals surface area contributed by atoms with Gasteiger partial charge in [0.25, 0.3) is 5.91 Å². The Kier molecular flexibility index (Phi) is 6.90. The molecule has 0 unspecified atom stereocenters. The van der Waals surface area contributed by atoms with E-state index >= 15 is 0 Å². The van der Waals surface area contributed by atoms with Crippen LogP contribution in [0, 0.1) is 0 Å². The maximum absolute atomic E-state index is 12.9. The number of para-hydroxylation sites is 1. The molecule has 166 valence electrons. The lowest BCUT2D eigenvalue weighted by atomic mass is 10.0. The second kappa shape index (κ2) is 10.2. The van der Waals surface area contributed by atoms with Crippen molar-refractivity contribution in [2.45, 2.75) is 31.8 Å². The Balaban J connectivity index is 1.29. The highest BCUT2D eigenvalue weighted by atomic mass is 16.5. The van der Waals surface area contributed by atoms with Gasteiger partial charge in [-0.3, -0.25) is 9.59 Å². The lowest BCUT2D eigenvalue weighted by molar-refractivity contribution is -0.131. The van der Waals surface area contributed by atoms with Gasteiger partial charge in [0.1, 0.15) is 11.4 Å². The second-order valence-electron chi connectivity index (χ2n) is 8.12. The number of benzene rings is 2. The molecule has 1 fully saturated rings. The largest absolute Gasteiger partial charge is 0.496 e. The molecule has 0 bridgehead atoms. The number of hydrogen-bond acceptors (Lipinski definition) is 3. The van der Waals surface area contributed by atoms with Crippen molar-refractivity contribution in [3.8, 4) is 5.75 Å². The molecule has 2 amide bonds. The summed E-state index contributed by atoms with van der Waals surface area (Å²) in [7, 11) is 1.62. The molecule has 1 saturated heterocycles. The van der Waals surface area contributed by atoms with E-state index in [9.17, 15) is 9.59 Å². The number of aromatic nitrogens is 1. The average Bonchev–Trinajstić information content (AvgIpc) is 3.29. The van der Waals surface area contributed by atoms with Crippen LogP contribution in [0.3, 0.4) is 0 Å². The number of amides is 2. The average molecular weight is 432 g/mol. The molecule has 32 heavy (non-hydrogen) atoms.